The third-order valence-electron chi connectivity index (χ3n) is 1.37. The summed E-state index contributed by atoms with van der Waals surface area (Å²) in [4.78, 5) is 28.3. The van der Waals surface area contributed by atoms with Gasteiger partial charge in [-0.3, -0.25) is 20.2 Å². The van der Waals surface area contributed by atoms with Crippen molar-refractivity contribution in [2.45, 2.75) is 6.17 Å². The van der Waals surface area contributed by atoms with Crippen molar-refractivity contribution in [3.63, 3.8) is 0 Å². The molecule has 86 valence electrons. The second-order valence-electron chi connectivity index (χ2n) is 2.33. The van der Waals surface area contributed by atoms with E-state index in [1.807, 2.05) is 0 Å². The van der Waals surface area contributed by atoms with E-state index in [1.165, 1.54) is 0 Å². The predicted octanol–water partition coefficient (Wildman–Crippen LogP) is -0.529. The molecular formula is C3HFN6O6. The van der Waals surface area contributed by atoms with Gasteiger partial charge < -0.3 is 10.1 Å². The quantitative estimate of drug-likeness (QED) is 0.382. The average Bonchev–Trinajstić information content (AvgIpc) is 2.47. The second-order valence-corrected chi connectivity index (χ2v) is 2.33. The zero-order valence-electron chi connectivity index (χ0n) is 7.09. The van der Waals surface area contributed by atoms with Gasteiger partial charge in [-0.15, -0.1) is 0 Å². The van der Waals surface area contributed by atoms with Crippen molar-refractivity contribution < 1.29 is 19.3 Å². The lowest BCUT2D eigenvalue weighted by Crippen LogP contribution is -2.22. The fourth-order valence-corrected chi connectivity index (χ4v) is 0.792. The van der Waals surface area contributed by atoms with Crippen LogP contribution in [0.1, 0.15) is 12.0 Å². The molecule has 0 radical (unpaired) electrons. The molecule has 0 N–H and O–H groups in total. The SMILES string of the molecule is O=[N+]([O-])c1nc(C([N+](=O)[O-])[N+](=O)[O-])n(F)n1. The Morgan fingerprint density at radius 2 is 1.69 bits per heavy atom. The van der Waals surface area contributed by atoms with E-state index >= 15 is 0 Å². The van der Waals surface area contributed by atoms with Crippen LogP contribution >= 0.6 is 0 Å². The molecule has 12 nitrogen and oxygen atoms in total. The first kappa shape index (κ1) is 11.3. The largest absolute Gasteiger partial charge is 0.528 e. The van der Waals surface area contributed by atoms with E-state index in [4.69, 9.17) is 0 Å². The van der Waals surface area contributed by atoms with Crippen molar-refractivity contribution in [3.05, 3.63) is 36.2 Å². The molecule has 0 amide bonds. The fourth-order valence-electron chi connectivity index (χ4n) is 0.792. The molecule has 0 atom stereocenters. The van der Waals surface area contributed by atoms with Gasteiger partial charge in [-0.2, -0.15) is 0 Å². The third kappa shape index (κ3) is 1.86. The summed E-state index contributed by atoms with van der Waals surface area (Å²) in [6, 6.07) is 0. The lowest BCUT2D eigenvalue weighted by Gasteiger charge is -1.94. The zero-order chi connectivity index (χ0) is 12.5. The Labute approximate surface area is 83.7 Å². The Balaban J connectivity index is 3.25. The molecular weight excluding hydrogens is 235 g/mol. The van der Waals surface area contributed by atoms with Gasteiger partial charge in [-0.1, -0.05) is 4.48 Å². The van der Waals surface area contributed by atoms with E-state index in [0.717, 1.165) is 0 Å². The lowest BCUT2D eigenvalue weighted by molar-refractivity contribution is -0.754. The monoisotopic (exact) mass is 236 g/mol. The Hall–Kier alpha value is -2.73. The smallest absolute Gasteiger partial charge is 0.390 e. The van der Waals surface area contributed by atoms with Gasteiger partial charge in [0, 0.05) is 4.90 Å². The van der Waals surface area contributed by atoms with Crippen molar-refractivity contribution in [3.8, 4) is 0 Å². The maximum absolute atomic E-state index is 12.8. The van der Waals surface area contributed by atoms with Gasteiger partial charge in [0.15, 0.2) is 0 Å². The summed E-state index contributed by atoms with van der Waals surface area (Å²) in [6.07, 6.45) is -2.74. The van der Waals surface area contributed by atoms with E-state index in [9.17, 15) is 34.8 Å². The van der Waals surface area contributed by atoms with Gasteiger partial charge in [0.1, 0.15) is 9.85 Å². The van der Waals surface area contributed by atoms with Crippen LogP contribution in [0.2, 0.25) is 0 Å². The van der Waals surface area contributed by atoms with Crippen LogP contribution in [0.25, 0.3) is 0 Å². The average molecular weight is 236 g/mol. The number of nitrogens with zero attached hydrogens (tertiary/aromatic N) is 6. The highest BCUT2D eigenvalue weighted by molar-refractivity contribution is 5.04. The molecule has 0 saturated carbocycles. The summed E-state index contributed by atoms with van der Waals surface area (Å²) in [5, 5.41) is 33.1. The first-order valence-corrected chi connectivity index (χ1v) is 3.39. The highest BCUT2D eigenvalue weighted by Gasteiger charge is 2.46. The topological polar surface area (TPSA) is 160 Å². The maximum atomic E-state index is 12.8. The molecule has 0 fully saturated rings. The number of nitro groups is 3. The molecule has 1 aromatic rings. The molecule has 0 saturated heterocycles. The first-order valence-electron chi connectivity index (χ1n) is 3.39. The Bertz CT molecular complexity index is 455. The van der Waals surface area contributed by atoms with Crippen LogP contribution in [-0.2, 0) is 0 Å². The van der Waals surface area contributed by atoms with Crippen molar-refractivity contribution in [1.29, 1.82) is 0 Å². The van der Waals surface area contributed by atoms with Crippen LogP contribution in [-0.4, -0.2) is 29.8 Å². The van der Waals surface area contributed by atoms with Gasteiger partial charge in [0.2, 0.25) is 0 Å². The second kappa shape index (κ2) is 3.79. The summed E-state index contributed by atoms with van der Waals surface area (Å²) < 4.78 is 12.8. The maximum Gasteiger partial charge on any atom is 0.528 e. The molecule has 16 heavy (non-hydrogen) atoms. The van der Waals surface area contributed by atoms with Gasteiger partial charge in [-0.25, -0.2) is 0 Å². The first-order chi connectivity index (χ1) is 7.34. The normalized spacial score (nSPS) is 10.4. The summed E-state index contributed by atoms with van der Waals surface area (Å²) >= 11 is 0. The standard InChI is InChI=1S/C3HFN6O6/c4-7-1(2(8(11)12)9(13)14)5-3(6-7)10(15)16/h2H. The van der Waals surface area contributed by atoms with Crippen molar-refractivity contribution in [1.82, 2.24) is 15.0 Å². The number of hydrogen-bond acceptors (Lipinski definition) is 8. The van der Waals surface area contributed by atoms with Crippen molar-refractivity contribution >= 4 is 5.95 Å². The van der Waals surface area contributed by atoms with E-state index in [1.54, 1.807) is 0 Å². The van der Waals surface area contributed by atoms with Crippen molar-refractivity contribution in [2.24, 2.45) is 0 Å². The molecule has 0 aliphatic rings. The molecule has 1 heterocycles. The summed E-state index contributed by atoms with van der Waals surface area (Å²) in [6.45, 7) is 0. The highest BCUT2D eigenvalue weighted by Crippen LogP contribution is 2.17. The number of halogens is 1. The summed E-state index contributed by atoms with van der Waals surface area (Å²) in [5.41, 5.74) is 0. The van der Waals surface area contributed by atoms with Gasteiger partial charge in [0.05, 0.1) is 5.10 Å². The summed E-state index contributed by atoms with van der Waals surface area (Å²) in [5.74, 6) is -2.67. The molecule has 0 aliphatic carbocycles. The molecule has 0 aliphatic heterocycles. The predicted molar refractivity (Wildman–Crippen MR) is 39.9 cm³/mol. The number of rotatable bonds is 4. The van der Waals surface area contributed by atoms with Crippen LogP contribution < -0.4 is 0 Å². The minimum absolute atomic E-state index is 0.867. The Morgan fingerprint density at radius 3 is 2.00 bits per heavy atom. The fraction of sp³-hybridized carbons (Fsp3) is 0.333. The van der Waals surface area contributed by atoms with E-state index < -0.39 is 37.6 Å². The van der Waals surface area contributed by atoms with Gasteiger partial charge >= 0.3 is 17.9 Å². The zero-order valence-corrected chi connectivity index (χ0v) is 7.09. The number of hydrogen-bond donors (Lipinski definition) is 0. The molecule has 0 unspecified atom stereocenters. The Morgan fingerprint density at radius 1 is 1.19 bits per heavy atom. The lowest BCUT2D eigenvalue weighted by atomic mass is 10.5. The molecule has 0 spiro atoms. The highest BCUT2D eigenvalue weighted by atomic mass is 19.2. The molecule has 1 rings (SSSR count). The van der Waals surface area contributed by atoms with Crippen molar-refractivity contribution in [2.75, 3.05) is 0 Å². The minimum Gasteiger partial charge on any atom is -0.390 e. The third-order valence-corrected chi connectivity index (χ3v) is 1.37. The van der Waals surface area contributed by atoms with Crippen LogP contribution in [0.3, 0.4) is 0 Å². The molecule has 1 aromatic heterocycles. The van der Waals surface area contributed by atoms with Crippen LogP contribution in [0.5, 0.6) is 0 Å². The van der Waals surface area contributed by atoms with E-state index in [2.05, 4.69) is 10.1 Å². The van der Waals surface area contributed by atoms with E-state index in [-0.39, 0.29) is 0 Å². The van der Waals surface area contributed by atoms with Gasteiger partial charge in [0.25, 0.3) is 0 Å². The van der Waals surface area contributed by atoms with E-state index in [0.29, 0.717) is 0 Å². The Kier molecular flexibility index (Phi) is 2.69. The van der Waals surface area contributed by atoms with Gasteiger partial charge in [-0.05, 0) is 9.91 Å². The van der Waals surface area contributed by atoms with Crippen LogP contribution in [0.15, 0.2) is 0 Å². The molecule has 0 aromatic carbocycles. The minimum atomic E-state index is -2.74. The molecule has 0 bridgehead atoms. The number of aromatic nitrogens is 3. The molecule has 13 heteroatoms. The van der Waals surface area contributed by atoms with Crippen LogP contribution in [0, 0.1) is 30.3 Å². The summed E-state index contributed by atoms with van der Waals surface area (Å²) in [7, 11) is 0. The van der Waals surface area contributed by atoms with Crippen LogP contribution in [0.4, 0.5) is 10.4 Å².